The predicted molar refractivity (Wildman–Crippen MR) is 76.8 cm³/mol. The molecule has 0 saturated heterocycles. The maximum Gasteiger partial charge on any atom is 0.321 e. The van der Waals surface area contributed by atoms with E-state index in [1.54, 1.807) is 5.51 Å². The Balaban J connectivity index is 1.59. The lowest BCUT2D eigenvalue weighted by atomic mass is 9.60. The highest BCUT2D eigenvalue weighted by molar-refractivity contribution is 7.13. The number of urea groups is 1. The van der Waals surface area contributed by atoms with Crippen LogP contribution in [0.3, 0.4) is 0 Å². The van der Waals surface area contributed by atoms with E-state index in [0.29, 0.717) is 11.2 Å². The lowest BCUT2D eigenvalue weighted by Crippen LogP contribution is -2.64. The lowest BCUT2D eigenvalue weighted by Gasteiger charge is -2.53. The summed E-state index contributed by atoms with van der Waals surface area (Å²) in [5, 5.41) is 13.9. The Kier molecular flexibility index (Phi) is 3.89. The van der Waals surface area contributed by atoms with Crippen molar-refractivity contribution in [2.45, 2.75) is 51.2 Å². The highest BCUT2D eigenvalue weighted by Crippen LogP contribution is 2.54. The van der Waals surface area contributed by atoms with Gasteiger partial charge in [0.2, 0.25) is 5.13 Å². The minimum absolute atomic E-state index is 0.161. The van der Waals surface area contributed by atoms with Crippen LogP contribution in [0.1, 0.15) is 39.0 Å². The molecule has 0 aliphatic heterocycles. The van der Waals surface area contributed by atoms with Crippen LogP contribution >= 0.6 is 11.3 Å². The summed E-state index contributed by atoms with van der Waals surface area (Å²) in [6, 6.07) is 0.0300. The van der Waals surface area contributed by atoms with Crippen LogP contribution in [-0.2, 0) is 4.74 Å². The van der Waals surface area contributed by atoms with Crippen molar-refractivity contribution in [3.63, 3.8) is 0 Å². The highest BCUT2D eigenvalue weighted by atomic mass is 32.1. The molecule has 2 amide bonds. The Morgan fingerprint density at radius 3 is 3.00 bits per heavy atom. The Morgan fingerprint density at radius 1 is 1.55 bits per heavy atom. The monoisotopic (exact) mass is 296 g/mol. The molecule has 20 heavy (non-hydrogen) atoms. The summed E-state index contributed by atoms with van der Waals surface area (Å²) in [5.41, 5.74) is 1.76. The number of anilines is 1. The van der Waals surface area contributed by atoms with Gasteiger partial charge in [-0.2, -0.15) is 0 Å². The van der Waals surface area contributed by atoms with Crippen LogP contribution in [0.15, 0.2) is 5.51 Å². The third-order valence-electron chi connectivity index (χ3n) is 4.57. The number of aromatic nitrogens is 2. The average molecular weight is 296 g/mol. The molecular weight excluding hydrogens is 276 g/mol. The molecule has 2 N–H and O–H groups in total. The summed E-state index contributed by atoms with van der Waals surface area (Å²) in [4.78, 5) is 12.0. The predicted octanol–water partition coefficient (Wildman–Crippen LogP) is 2.40. The molecule has 2 aliphatic rings. The van der Waals surface area contributed by atoms with Crippen molar-refractivity contribution >= 4 is 22.5 Å². The molecule has 1 aromatic heterocycles. The molecule has 1 heterocycles. The van der Waals surface area contributed by atoms with Crippen molar-refractivity contribution in [2.24, 2.45) is 5.41 Å². The molecule has 2 atom stereocenters. The summed E-state index contributed by atoms with van der Waals surface area (Å²) in [6.07, 6.45) is 6.00. The molecule has 0 aromatic carbocycles. The van der Waals surface area contributed by atoms with Gasteiger partial charge >= 0.3 is 6.03 Å². The van der Waals surface area contributed by atoms with Crippen LogP contribution in [0, 0.1) is 5.41 Å². The Morgan fingerprint density at radius 2 is 2.35 bits per heavy atom. The number of rotatable bonds is 4. The quantitative estimate of drug-likeness (QED) is 0.894. The van der Waals surface area contributed by atoms with Gasteiger partial charge in [-0.1, -0.05) is 24.2 Å². The van der Waals surface area contributed by atoms with Gasteiger partial charge in [0.05, 0.1) is 6.10 Å². The van der Waals surface area contributed by atoms with Crippen LogP contribution in [-0.4, -0.2) is 35.0 Å². The standard InChI is InChI=1S/C13H20N4O2S/c1-2-19-10-7-9(13(10)5-3-4-6-13)15-11(18)16-12-17-14-8-20-12/h8-10H,2-7H2,1H3,(H2,15,16,17,18)/t9-,10+/m0/s1. The minimum atomic E-state index is -0.187. The zero-order valence-electron chi connectivity index (χ0n) is 11.6. The molecule has 7 heteroatoms. The molecule has 6 nitrogen and oxygen atoms in total. The third kappa shape index (κ3) is 2.40. The van der Waals surface area contributed by atoms with E-state index >= 15 is 0 Å². The molecule has 2 saturated carbocycles. The zero-order chi connectivity index (χ0) is 14.0. The van der Waals surface area contributed by atoms with Crippen molar-refractivity contribution in [2.75, 3.05) is 11.9 Å². The van der Waals surface area contributed by atoms with Gasteiger partial charge in [-0.25, -0.2) is 4.79 Å². The number of ether oxygens (including phenoxy) is 1. The van der Waals surface area contributed by atoms with E-state index < -0.39 is 0 Å². The van der Waals surface area contributed by atoms with Crippen molar-refractivity contribution < 1.29 is 9.53 Å². The van der Waals surface area contributed by atoms with Gasteiger partial charge in [0, 0.05) is 18.1 Å². The minimum Gasteiger partial charge on any atom is -0.378 e. The fourth-order valence-corrected chi connectivity index (χ4v) is 4.05. The van der Waals surface area contributed by atoms with Crippen LogP contribution in [0.25, 0.3) is 0 Å². The Hall–Kier alpha value is -1.21. The number of hydrogen-bond acceptors (Lipinski definition) is 5. The van der Waals surface area contributed by atoms with Gasteiger partial charge in [0.15, 0.2) is 0 Å². The van der Waals surface area contributed by atoms with Crippen molar-refractivity contribution in [1.29, 1.82) is 0 Å². The highest BCUT2D eigenvalue weighted by Gasteiger charge is 2.57. The van der Waals surface area contributed by atoms with Gasteiger partial charge in [-0.05, 0) is 26.2 Å². The normalized spacial score (nSPS) is 27.2. The number of amides is 2. The summed E-state index contributed by atoms with van der Waals surface area (Å²) in [7, 11) is 0. The largest absolute Gasteiger partial charge is 0.378 e. The first-order valence-electron chi connectivity index (χ1n) is 7.20. The summed E-state index contributed by atoms with van der Waals surface area (Å²) in [5.74, 6) is 0. The number of nitrogens with one attached hydrogen (secondary N) is 2. The first-order valence-corrected chi connectivity index (χ1v) is 8.08. The molecule has 0 radical (unpaired) electrons. The number of nitrogens with zero attached hydrogens (tertiary/aromatic N) is 2. The van der Waals surface area contributed by atoms with Crippen molar-refractivity contribution in [1.82, 2.24) is 15.5 Å². The van der Waals surface area contributed by atoms with E-state index in [0.717, 1.165) is 25.9 Å². The van der Waals surface area contributed by atoms with Gasteiger partial charge in [-0.3, -0.25) is 5.32 Å². The molecule has 1 spiro atoms. The van der Waals surface area contributed by atoms with Crippen LogP contribution in [0.4, 0.5) is 9.93 Å². The number of carbonyl (C=O) groups excluding carboxylic acids is 1. The van der Waals surface area contributed by atoms with Crippen LogP contribution in [0.5, 0.6) is 0 Å². The third-order valence-corrected chi connectivity index (χ3v) is 5.18. The van der Waals surface area contributed by atoms with E-state index in [9.17, 15) is 4.79 Å². The maximum absolute atomic E-state index is 12.0. The van der Waals surface area contributed by atoms with Crippen molar-refractivity contribution in [3.8, 4) is 0 Å². The molecular formula is C13H20N4O2S. The Bertz CT molecular complexity index is 459. The van der Waals surface area contributed by atoms with Crippen LogP contribution < -0.4 is 10.6 Å². The zero-order valence-corrected chi connectivity index (χ0v) is 12.4. The molecule has 2 aliphatic carbocycles. The van der Waals surface area contributed by atoms with Crippen LogP contribution in [0.2, 0.25) is 0 Å². The molecule has 110 valence electrons. The van der Waals surface area contributed by atoms with Gasteiger partial charge in [0.25, 0.3) is 0 Å². The molecule has 0 unspecified atom stereocenters. The second-order valence-corrected chi connectivity index (χ2v) is 6.35. The molecule has 0 bridgehead atoms. The first kappa shape index (κ1) is 13.8. The Labute approximate surface area is 122 Å². The fraction of sp³-hybridized carbons (Fsp3) is 0.769. The van der Waals surface area contributed by atoms with E-state index in [1.807, 2.05) is 6.92 Å². The molecule has 3 rings (SSSR count). The molecule has 1 aromatic rings. The van der Waals surface area contributed by atoms with Crippen molar-refractivity contribution in [3.05, 3.63) is 5.51 Å². The van der Waals surface area contributed by atoms with E-state index in [4.69, 9.17) is 4.74 Å². The summed E-state index contributed by atoms with van der Waals surface area (Å²) < 4.78 is 5.84. The number of carbonyl (C=O) groups is 1. The summed E-state index contributed by atoms with van der Waals surface area (Å²) >= 11 is 1.32. The topological polar surface area (TPSA) is 76.1 Å². The molecule has 2 fully saturated rings. The van der Waals surface area contributed by atoms with E-state index in [2.05, 4.69) is 20.8 Å². The second-order valence-electron chi connectivity index (χ2n) is 5.51. The number of hydrogen-bond donors (Lipinski definition) is 2. The van der Waals surface area contributed by atoms with E-state index in [1.165, 1.54) is 24.2 Å². The lowest BCUT2D eigenvalue weighted by molar-refractivity contribution is -0.126. The first-order chi connectivity index (χ1) is 9.74. The van der Waals surface area contributed by atoms with Gasteiger partial charge < -0.3 is 10.1 Å². The van der Waals surface area contributed by atoms with Gasteiger partial charge in [-0.15, -0.1) is 10.2 Å². The SMILES string of the molecule is CCO[C@@H]1C[C@H](NC(=O)Nc2nncs2)C12CCCC2. The second kappa shape index (κ2) is 5.65. The fourth-order valence-electron chi connectivity index (χ4n) is 3.61. The average Bonchev–Trinajstić information content (AvgIpc) is 3.09. The van der Waals surface area contributed by atoms with Gasteiger partial charge in [0.1, 0.15) is 5.51 Å². The smallest absolute Gasteiger partial charge is 0.321 e. The van der Waals surface area contributed by atoms with E-state index in [-0.39, 0.29) is 17.5 Å². The maximum atomic E-state index is 12.0. The summed E-state index contributed by atoms with van der Waals surface area (Å²) in [6.45, 7) is 2.78.